The Kier molecular flexibility index (Phi) is 9.97. The molecule has 0 aliphatic carbocycles. The molecule has 2 N–H and O–H groups in total. The predicted molar refractivity (Wildman–Crippen MR) is 115 cm³/mol. The highest BCUT2D eigenvalue weighted by molar-refractivity contribution is 14.0. The lowest BCUT2D eigenvalue weighted by Crippen LogP contribution is -2.42. The molecule has 0 aromatic carbocycles. The lowest BCUT2D eigenvalue weighted by molar-refractivity contribution is 0.318. The molecular weight excluding hydrogens is 429 g/mol. The van der Waals surface area contributed by atoms with Crippen molar-refractivity contribution in [2.45, 2.75) is 86.2 Å². The maximum atomic E-state index is 5.31. The van der Waals surface area contributed by atoms with Crippen molar-refractivity contribution in [3.05, 3.63) is 11.7 Å². The van der Waals surface area contributed by atoms with Crippen LogP contribution in [-0.4, -0.2) is 28.7 Å². The van der Waals surface area contributed by atoms with Crippen LogP contribution in [0.15, 0.2) is 9.52 Å². The van der Waals surface area contributed by atoms with Gasteiger partial charge in [0.15, 0.2) is 11.8 Å². The van der Waals surface area contributed by atoms with Gasteiger partial charge in [0.25, 0.3) is 0 Å². The molecule has 1 atom stereocenters. The molecular formula is C18H36IN5O. The van der Waals surface area contributed by atoms with Crippen LogP contribution in [-0.2, 0) is 12.0 Å². The van der Waals surface area contributed by atoms with E-state index >= 15 is 0 Å². The van der Waals surface area contributed by atoms with E-state index in [9.17, 15) is 0 Å². The van der Waals surface area contributed by atoms with E-state index in [4.69, 9.17) is 4.52 Å². The van der Waals surface area contributed by atoms with Crippen LogP contribution in [0.3, 0.4) is 0 Å². The molecule has 7 heteroatoms. The van der Waals surface area contributed by atoms with Crippen LogP contribution in [0.4, 0.5) is 0 Å². The molecule has 25 heavy (non-hydrogen) atoms. The Hall–Kier alpha value is -0.860. The summed E-state index contributed by atoms with van der Waals surface area (Å²) in [5.74, 6) is 2.05. The Labute approximate surface area is 170 Å². The number of aromatic nitrogens is 2. The van der Waals surface area contributed by atoms with E-state index in [0.717, 1.165) is 18.9 Å². The van der Waals surface area contributed by atoms with Gasteiger partial charge in [0.2, 0.25) is 5.89 Å². The molecule has 0 fully saturated rings. The molecule has 0 saturated heterocycles. The highest BCUT2D eigenvalue weighted by Gasteiger charge is 2.21. The molecule has 0 saturated carbocycles. The van der Waals surface area contributed by atoms with Gasteiger partial charge in [-0.15, -0.1) is 24.0 Å². The molecule has 0 bridgehead atoms. The maximum Gasteiger partial charge on any atom is 0.232 e. The van der Waals surface area contributed by atoms with Gasteiger partial charge in [0.05, 0.1) is 0 Å². The van der Waals surface area contributed by atoms with Gasteiger partial charge in [-0.2, -0.15) is 4.98 Å². The van der Waals surface area contributed by atoms with Crippen molar-refractivity contribution in [2.24, 2.45) is 10.4 Å². The van der Waals surface area contributed by atoms with Crippen LogP contribution >= 0.6 is 24.0 Å². The lowest BCUT2D eigenvalue weighted by Gasteiger charge is -2.23. The third kappa shape index (κ3) is 10.0. The van der Waals surface area contributed by atoms with Crippen molar-refractivity contribution in [1.29, 1.82) is 0 Å². The molecule has 0 aliphatic heterocycles. The number of hydrogen-bond acceptors (Lipinski definition) is 4. The summed E-state index contributed by atoms with van der Waals surface area (Å²) in [7, 11) is 0. The summed E-state index contributed by atoms with van der Waals surface area (Å²) in [6.07, 6.45) is 2.27. The second-order valence-corrected chi connectivity index (χ2v) is 8.61. The minimum Gasteiger partial charge on any atom is -0.357 e. The predicted octanol–water partition coefficient (Wildman–Crippen LogP) is 4.26. The van der Waals surface area contributed by atoms with Gasteiger partial charge in [-0.1, -0.05) is 46.7 Å². The Bertz CT molecular complexity index is 528. The van der Waals surface area contributed by atoms with E-state index in [1.54, 1.807) is 0 Å². The zero-order valence-corrected chi connectivity index (χ0v) is 19.4. The van der Waals surface area contributed by atoms with Crippen molar-refractivity contribution < 1.29 is 4.52 Å². The van der Waals surface area contributed by atoms with Crippen LogP contribution in [0.1, 0.15) is 79.9 Å². The van der Waals surface area contributed by atoms with Crippen molar-refractivity contribution in [3.63, 3.8) is 0 Å². The lowest BCUT2D eigenvalue weighted by atomic mass is 9.89. The summed E-state index contributed by atoms with van der Waals surface area (Å²) >= 11 is 0. The second-order valence-electron chi connectivity index (χ2n) is 8.61. The van der Waals surface area contributed by atoms with Crippen molar-refractivity contribution in [3.8, 4) is 0 Å². The van der Waals surface area contributed by atoms with Crippen LogP contribution in [0.25, 0.3) is 0 Å². The zero-order valence-electron chi connectivity index (χ0n) is 17.1. The fourth-order valence-corrected chi connectivity index (χ4v) is 2.05. The molecule has 1 heterocycles. The highest BCUT2D eigenvalue weighted by atomic mass is 127. The first kappa shape index (κ1) is 24.1. The number of halogens is 1. The number of nitrogens with one attached hydrogen (secondary N) is 2. The van der Waals surface area contributed by atoms with E-state index in [1.807, 2.05) is 0 Å². The number of hydrogen-bond donors (Lipinski definition) is 2. The number of rotatable bonds is 6. The molecule has 0 amide bonds. The third-order valence-corrected chi connectivity index (χ3v) is 3.54. The molecule has 1 aromatic rings. The number of guanidine groups is 1. The fourth-order valence-electron chi connectivity index (χ4n) is 2.05. The number of aliphatic imine (C=N–C) groups is 1. The van der Waals surface area contributed by atoms with E-state index in [1.165, 1.54) is 6.42 Å². The first-order chi connectivity index (χ1) is 11.0. The average molecular weight is 465 g/mol. The first-order valence-electron chi connectivity index (χ1n) is 8.89. The zero-order chi connectivity index (χ0) is 18.4. The van der Waals surface area contributed by atoms with Crippen molar-refractivity contribution in [1.82, 2.24) is 20.8 Å². The average Bonchev–Trinajstić information content (AvgIpc) is 2.91. The highest BCUT2D eigenvalue weighted by Crippen LogP contribution is 2.21. The summed E-state index contributed by atoms with van der Waals surface area (Å²) < 4.78 is 5.31. The van der Waals surface area contributed by atoms with Crippen LogP contribution in [0.2, 0.25) is 0 Å². The molecule has 0 aliphatic rings. The molecule has 1 unspecified atom stereocenters. The monoisotopic (exact) mass is 465 g/mol. The summed E-state index contributed by atoms with van der Waals surface area (Å²) in [6.45, 7) is 18.4. The first-order valence-corrected chi connectivity index (χ1v) is 8.89. The molecule has 146 valence electrons. The second kappa shape index (κ2) is 10.3. The van der Waals surface area contributed by atoms with Crippen molar-refractivity contribution in [2.75, 3.05) is 6.54 Å². The topological polar surface area (TPSA) is 75.3 Å². The molecule has 6 nitrogen and oxygen atoms in total. The largest absolute Gasteiger partial charge is 0.357 e. The van der Waals surface area contributed by atoms with Crippen molar-refractivity contribution >= 4 is 29.9 Å². The molecule has 1 rings (SSSR count). The van der Waals surface area contributed by atoms with Gasteiger partial charge >= 0.3 is 0 Å². The van der Waals surface area contributed by atoms with Gasteiger partial charge in [-0.05, 0) is 32.1 Å². The van der Waals surface area contributed by atoms with E-state index < -0.39 is 0 Å². The maximum absolute atomic E-state index is 5.31. The Morgan fingerprint density at radius 2 is 1.84 bits per heavy atom. The van der Waals surface area contributed by atoms with Crippen LogP contribution < -0.4 is 10.6 Å². The SMILES string of the molecule is CCNC(=NCc1noc(C(C)(C)C)n1)NC(C)CCC(C)(C)C.I. The third-order valence-electron chi connectivity index (χ3n) is 3.54. The smallest absolute Gasteiger partial charge is 0.232 e. The summed E-state index contributed by atoms with van der Waals surface area (Å²) in [5, 5.41) is 10.7. The van der Waals surface area contributed by atoms with Gasteiger partial charge in [-0.25, -0.2) is 4.99 Å². The fraction of sp³-hybridized carbons (Fsp3) is 0.833. The minimum atomic E-state index is -0.140. The summed E-state index contributed by atoms with van der Waals surface area (Å²) in [5.41, 5.74) is 0.207. The van der Waals surface area contributed by atoms with Gasteiger partial charge < -0.3 is 15.2 Å². The van der Waals surface area contributed by atoms with E-state index in [-0.39, 0.29) is 29.4 Å². The van der Waals surface area contributed by atoms with Crippen LogP contribution in [0.5, 0.6) is 0 Å². The quantitative estimate of drug-likeness (QED) is 0.373. The summed E-state index contributed by atoms with van der Waals surface area (Å²) in [4.78, 5) is 8.99. The normalized spacial score (nSPS) is 14.0. The van der Waals surface area contributed by atoms with Crippen LogP contribution in [0, 0.1) is 5.41 Å². The molecule has 0 radical (unpaired) electrons. The van der Waals surface area contributed by atoms with Gasteiger partial charge in [0.1, 0.15) is 6.54 Å². The molecule has 1 aromatic heterocycles. The Morgan fingerprint density at radius 3 is 2.32 bits per heavy atom. The van der Waals surface area contributed by atoms with Gasteiger partial charge in [-0.3, -0.25) is 0 Å². The number of nitrogens with zero attached hydrogens (tertiary/aromatic N) is 3. The standard InChI is InChI=1S/C18H35N5O.HI/c1-9-19-16(21-13(2)10-11-17(3,4)5)20-12-14-22-15(24-23-14)18(6,7)8;/h13H,9-12H2,1-8H3,(H2,19,20,21);1H. The minimum absolute atomic E-state index is 0. The molecule has 0 spiro atoms. The van der Waals surface area contributed by atoms with Gasteiger partial charge in [0, 0.05) is 18.0 Å². The Balaban J connectivity index is 0.00000576. The summed E-state index contributed by atoms with van der Waals surface area (Å²) in [6, 6.07) is 0.359. The van der Waals surface area contributed by atoms with E-state index in [2.05, 4.69) is 81.2 Å². The Morgan fingerprint density at radius 1 is 1.20 bits per heavy atom. The van der Waals surface area contributed by atoms with E-state index in [0.29, 0.717) is 29.7 Å².